The SMILES string of the molecule is CN1CC(Nc2ccc([N+](=O)[O-])cc2C(F)F)CCC1=O. The summed E-state index contributed by atoms with van der Waals surface area (Å²) in [5.74, 6) is 0.0193. The van der Waals surface area contributed by atoms with Gasteiger partial charge in [-0.15, -0.1) is 0 Å². The first kappa shape index (κ1) is 15.1. The van der Waals surface area contributed by atoms with E-state index >= 15 is 0 Å². The van der Waals surface area contributed by atoms with Gasteiger partial charge < -0.3 is 10.2 Å². The van der Waals surface area contributed by atoms with Crippen LogP contribution in [0.4, 0.5) is 20.2 Å². The third-order valence-corrected chi connectivity index (χ3v) is 3.47. The van der Waals surface area contributed by atoms with E-state index in [0.29, 0.717) is 19.4 Å². The van der Waals surface area contributed by atoms with Crippen molar-refractivity contribution >= 4 is 17.3 Å². The molecule has 114 valence electrons. The number of hydrogen-bond donors (Lipinski definition) is 1. The molecule has 21 heavy (non-hydrogen) atoms. The number of piperidine rings is 1. The Balaban J connectivity index is 2.19. The van der Waals surface area contributed by atoms with Crippen LogP contribution in [0, 0.1) is 10.1 Å². The fourth-order valence-corrected chi connectivity index (χ4v) is 2.33. The largest absolute Gasteiger partial charge is 0.380 e. The number of amides is 1. The lowest BCUT2D eigenvalue weighted by atomic mass is 10.0. The van der Waals surface area contributed by atoms with Gasteiger partial charge in [0.2, 0.25) is 5.91 Å². The molecule has 0 spiro atoms. The number of nitro benzene ring substituents is 1. The number of carbonyl (C=O) groups excluding carboxylic acids is 1. The summed E-state index contributed by atoms with van der Waals surface area (Å²) >= 11 is 0. The van der Waals surface area contributed by atoms with E-state index in [9.17, 15) is 23.7 Å². The Bertz CT molecular complexity index is 566. The Morgan fingerprint density at radius 2 is 2.19 bits per heavy atom. The zero-order valence-electron chi connectivity index (χ0n) is 11.4. The van der Waals surface area contributed by atoms with Crippen molar-refractivity contribution < 1.29 is 18.5 Å². The first-order valence-electron chi connectivity index (χ1n) is 6.45. The van der Waals surface area contributed by atoms with Gasteiger partial charge in [0, 0.05) is 49.4 Å². The van der Waals surface area contributed by atoms with Crippen LogP contribution in [-0.2, 0) is 4.79 Å². The molecule has 0 radical (unpaired) electrons. The van der Waals surface area contributed by atoms with E-state index < -0.39 is 16.9 Å². The third-order valence-electron chi connectivity index (χ3n) is 3.47. The number of benzene rings is 1. The Morgan fingerprint density at radius 3 is 2.76 bits per heavy atom. The predicted octanol–water partition coefficient (Wildman–Crippen LogP) is 2.57. The number of likely N-dealkylation sites (N-methyl/N-ethyl adjacent to an activating group) is 1. The zero-order chi connectivity index (χ0) is 15.6. The lowest BCUT2D eigenvalue weighted by Crippen LogP contribution is -2.43. The predicted molar refractivity (Wildman–Crippen MR) is 72.3 cm³/mol. The molecular formula is C13H15F2N3O3. The summed E-state index contributed by atoms with van der Waals surface area (Å²) in [6.07, 6.45) is -1.91. The van der Waals surface area contributed by atoms with Crippen molar-refractivity contribution in [3.8, 4) is 0 Å². The van der Waals surface area contributed by atoms with Gasteiger partial charge >= 0.3 is 0 Å². The average molecular weight is 299 g/mol. The molecule has 1 atom stereocenters. The van der Waals surface area contributed by atoms with Crippen LogP contribution < -0.4 is 5.32 Å². The van der Waals surface area contributed by atoms with Crippen LogP contribution in [0.3, 0.4) is 0 Å². The van der Waals surface area contributed by atoms with E-state index in [0.717, 1.165) is 6.07 Å². The van der Waals surface area contributed by atoms with Gasteiger partial charge in [0.15, 0.2) is 0 Å². The Labute approximate surface area is 119 Å². The number of likely N-dealkylation sites (tertiary alicyclic amines) is 1. The van der Waals surface area contributed by atoms with Crippen LogP contribution in [0.15, 0.2) is 18.2 Å². The molecule has 2 rings (SSSR count). The molecule has 1 aliphatic rings. The lowest BCUT2D eigenvalue weighted by Gasteiger charge is -2.31. The molecule has 8 heteroatoms. The van der Waals surface area contributed by atoms with Gasteiger partial charge in [-0.2, -0.15) is 0 Å². The second-order valence-electron chi connectivity index (χ2n) is 4.98. The number of anilines is 1. The van der Waals surface area contributed by atoms with Gasteiger partial charge in [-0.1, -0.05) is 0 Å². The summed E-state index contributed by atoms with van der Waals surface area (Å²) in [5, 5.41) is 13.6. The van der Waals surface area contributed by atoms with Crippen LogP contribution in [0.2, 0.25) is 0 Å². The molecule has 1 amide bonds. The van der Waals surface area contributed by atoms with Crippen molar-refractivity contribution in [2.45, 2.75) is 25.3 Å². The molecule has 1 aliphatic heterocycles. The highest BCUT2D eigenvalue weighted by molar-refractivity contribution is 5.77. The fourth-order valence-electron chi connectivity index (χ4n) is 2.33. The molecule has 0 bridgehead atoms. The molecule has 1 fully saturated rings. The van der Waals surface area contributed by atoms with Gasteiger partial charge in [-0.3, -0.25) is 14.9 Å². The Hall–Kier alpha value is -2.25. The van der Waals surface area contributed by atoms with Crippen LogP contribution in [0.5, 0.6) is 0 Å². The van der Waals surface area contributed by atoms with Crippen molar-refractivity contribution in [1.82, 2.24) is 4.90 Å². The number of nitrogens with one attached hydrogen (secondary N) is 1. The highest BCUT2D eigenvalue weighted by atomic mass is 19.3. The molecule has 0 aliphatic carbocycles. The maximum Gasteiger partial charge on any atom is 0.270 e. The second kappa shape index (κ2) is 6.02. The summed E-state index contributed by atoms with van der Waals surface area (Å²) in [5.41, 5.74) is -0.598. The van der Waals surface area contributed by atoms with Crippen LogP contribution in [0.25, 0.3) is 0 Å². The smallest absolute Gasteiger partial charge is 0.270 e. The molecule has 1 aromatic rings. The lowest BCUT2D eigenvalue weighted by molar-refractivity contribution is -0.385. The van der Waals surface area contributed by atoms with Crippen LogP contribution >= 0.6 is 0 Å². The zero-order valence-corrected chi connectivity index (χ0v) is 11.4. The molecule has 1 unspecified atom stereocenters. The van der Waals surface area contributed by atoms with Crippen molar-refractivity contribution in [2.75, 3.05) is 18.9 Å². The normalized spacial score (nSPS) is 19.0. The molecule has 1 N–H and O–H groups in total. The average Bonchev–Trinajstić information content (AvgIpc) is 2.43. The molecule has 1 heterocycles. The minimum Gasteiger partial charge on any atom is -0.380 e. The van der Waals surface area contributed by atoms with Gasteiger partial charge in [0.25, 0.3) is 12.1 Å². The molecule has 6 nitrogen and oxygen atoms in total. The van der Waals surface area contributed by atoms with Crippen molar-refractivity contribution in [3.63, 3.8) is 0 Å². The topological polar surface area (TPSA) is 75.5 Å². The number of carbonyl (C=O) groups is 1. The molecule has 1 aromatic carbocycles. The number of halogens is 2. The van der Waals surface area contributed by atoms with Crippen molar-refractivity contribution in [1.29, 1.82) is 0 Å². The standard InChI is InChI=1S/C13H15F2N3O3/c1-17-7-8(2-5-12(17)19)16-11-4-3-9(18(20)21)6-10(11)13(14)15/h3-4,6,8,13,16H,2,5,7H2,1H3. The van der Waals surface area contributed by atoms with Gasteiger partial charge in [-0.25, -0.2) is 8.78 Å². The van der Waals surface area contributed by atoms with Crippen LogP contribution in [-0.4, -0.2) is 35.4 Å². The summed E-state index contributed by atoms with van der Waals surface area (Å²) in [6.45, 7) is 0.415. The number of rotatable bonds is 4. The van der Waals surface area contributed by atoms with E-state index in [-0.39, 0.29) is 23.3 Å². The number of nitrogens with zero attached hydrogens (tertiary/aromatic N) is 2. The van der Waals surface area contributed by atoms with E-state index in [4.69, 9.17) is 0 Å². The van der Waals surface area contributed by atoms with Gasteiger partial charge in [0.1, 0.15) is 0 Å². The molecule has 0 aromatic heterocycles. The summed E-state index contributed by atoms with van der Waals surface area (Å²) < 4.78 is 26.1. The molecule has 0 saturated carbocycles. The number of non-ortho nitro benzene ring substituents is 1. The van der Waals surface area contributed by atoms with E-state index in [2.05, 4.69) is 5.32 Å². The highest BCUT2D eigenvalue weighted by Crippen LogP contribution is 2.31. The minimum absolute atomic E-state index is 0.0193. The van der Waals surface area contributed by atoms with E-state index in [1.54, 1.807) is 7.05 Å². The number of hydrogen-bond acceptors (Lipinski definition) is 4. The molecular weight excluding hydrogens is 284 g/mol. The van der Waals surface area contributed by atoms with Crippen molar-refractivity contribution in [3.05, 3.63) is 33.9 Å². The first-order valence-corrected chi connectivity index (χ1v) is 6.45. The van der Waals surface area contributed by atoms with Gasteiger partial charge in [-0.05, 0) is 12.5 Å². The van der Waals surface area contributed by atoms with Crippen molar-refractivity contribution in [2.24, 2.45) is 0 Å². The monoisotopic (exact) mass is 299 g/mol. The van der Waals surface area contributed by atoms with Crippen LogP contribution in [0.1, 0.15) is 24.8 Å². The third kappa shape index (κ3) is 3.45. The first-order chi connectivity index (χ1) is 9.88. The Kier molecular flexibility index (Phi) is 4.35. The minimum atomic E-state index is -2.81. The quantitative estimate of drug-likeness (QED) is 0.685. The summed E-state index contributed by atoms with van der Waals surface area (Å²) in [6, 6.07) is 3.21. The number of alkyl halides is 2. The Morgan fingerprint density at radius 1 is 1.48 bits per heavy atom. The highest BCUT2D eigenvalue weighted by Gasteiger charge is 2.25. The van der Waals surface area contributed by atoms with Gasteiger partial charge in [0.05, 0.1) is 4.92 Å². The second-order valence-corrected chi connectivity index (χ2v) is 4.98. The van der Waals surface area contributed by atoms with E-state index in [1.165, 1.54) is 17.0 Å². The number of nitro groups is 1. The fraction of sp³-hybridized carbons (Fsp3) is 0.462. The maximum absolute atomic E-state index is 13.0. The summed E-state index contributed by atoms with van der Waals surface area (Å²) in [7, 11) is 1.65. The molecule has 1 saturated heterocycles. The summed E-state index contributed by atoms with van der Waals surface area (Å²) in [4.78, 5) is 22.9. The van der Waals surface area contributed by atoms with E-state index in [1.807, 2.05) is 0 Å². The maximum atomic E-state index is 13.0.